The Balaban J connectivity index is 1.65. The smallest absolute Gasteiger partial charge is 0.244 e. The third-order valence-corrected chi connectivity index (χ3v) is 4.90. The van der Waals surface area contributed by atoms with Gasteiger partial charge in [-0.1, -0.05) is 48.0 Å². The summed E-state index contributed by atoms with van der Waals surface area (Å²) in [7, 11) is 0. The summed E-state index contributed by atoms with van der Waals surface area (Å²) in [5.41, 5.74) is 4.90. The van der Waals surface area contributed by atoms with E-state index in [2.05, 4.69) is 23.5 Å². The number of aryl methyl sites for hydroxylation is 2. The molecule has 0 bridgehead atoms. The summed E-state index contributed by atoms with van der Waals surface area (Å²) in [6.07, 6.45) is 8.16. The normalized spacial score (nSPS) is 15.1. The van der Waals surface area contributed by atoms with Crippen LogP contribution < -0.4 is 5.32 Å². The molecule has 0 spiro atoms. The van der Waals surface area contributed by atoms with Crippen molar-refractivity contribution in [2.45, 2.75) is 38.6 Å². The first-order valence-electron chi connectivity index (χ1n) is 8.48. The van der Waals surface area contributed by atoms with Crippen molar-refractivity contribution in [3.8, 4) is 0 Å². The van der Waals surface area contributed by atoms with Crippen molar-refractivity contribution in [2.24, 2.45) is 0 Å². The number of carbonyl (C=O) groups is 1. The highest BCUT2D eigenvalue weighted by atomic mass is 35.5. The van der Waals surface area contributed by atoms with Gasteiger partial charge in [0.25, 0.3) is 0 Å². The molecule has 1 amide bonds. The van der Waals surface area contributed by atoms with E-state index >= 15 is 0 Å². The summed E-state index contributed by atoms with van der Waals surface area (Å²) in [4.78, 5) is 12.2. The summed E-state index contributed by atoms with van der Waals surface area (Å²) in [5.74, 6) is -0.111. The van der Waals surface area contributed by atoms with Gasteiger partial charge in [-0.25, -0.2) is 0 Å². The molecule has 0 heterocycles. The summed E-state index contributed by atoms with van der Waals surface area (Å²) < 4.78 is 0. The largest absolute Gasteiger partial charge is 0.346 e. The number of hydrogen-bond donors (Lipinski definition) is 1. The van der Waals surface area contributed by atoms with Crippen LogP contribution >= 0.6 is 11.6 Å². The summed E-state index contributed by atoms with van der Waals surface area (Å²) in [6, 6.07) is 14.1. The molecule has 24 heavy (non-hydrogen) atoms. The first-order chi connectivity index (χ1) is 11.6. The molecule has 0 saturated carbocycles. The molecule has 0 radical (unpaired) electrons. The highest BCUT2D eigenvalue weighted by molar-refractivity contribution is 6.32. The Morgan fingerprint density at radius 3 is 2.67 bits per heavy atom. The number of amides is 1. The molecule has 0 aromatic heterocycles. The molecule has 3 heteroatoms. The van der Waals surface area contributed by atoms with Crippen molar-refractivity contribution in [1.29, 1.82) is 0 Å². The number of rotatable bonds is 4. The third kappa shape index (κ3) is 4.07. The molecule has 0 fully saturated rings. The molecular formula is C21H22ClNO. The number of nitrogens with one attached hydrogen (secondary N) is 1. The van der Waals surface area contributed by atoms with Gasteiger partial charge in [-0.05, 0) is 67.0 Å². The van der Waals surface area contributed by atoms with Gasteiger partial charge in [0.1, 0.15) is 0 Å². The molecule has 0 saturated heterocycles. The van der Waals surface area contributed by atoms with E-state index in [1.165, 1.54) is 36.5 Å². The Morgan fingerprint density at radius 1 is 1.12 bits per heavy atom. The summed E-state index contributed by atoms with van der Waals surface area (Å²) >= 11 is 6.09. The van der Waals surface area contributed by atoms with Crippen LogP contribution in [0.3, 0.4) is 0 Å². The zero-order chi connectivity index (χ0) is 16.9. The first-order valence-corrected chi connectivity index (χ1v) is 8.86. The van der Waals surface area contributed by atoms with Gasteiger partial charge in [-0.2, -0.15) is 0 Å². The first kappa shape index (κ1) is 16.8. The average molecular weight is 340 g/mol. The Hall–Kier alpha value is -2.06. The minimum absolute atomic E-state index is 0.0133. The van der Waals surface area contributed by atoms with Crippen molar-refractivity contribution in [3.63, 3.8) is 0 Å². The van der Waals surface area contributed by atoms with Gasteiger partial charge in [0.15, 0.2) is 0 Å². The fraction of sp³-hybridized carbons (Fsp3) is 0.286. The number of fused-ring (bicyclic) bond motifs is 1. The van der Waals surface area contributed by atoms with Crippen LogP contribution in [0.15, 0.2) is 48.5 Å². The van der Waals surface area contributed by atoms with Crippen LogP contribution in [0, 0.1) is 0 Å². The highest BCUT2D eigenvalue weighted by Gasteiger charge is 2.13. The van der Waals surface area contributed by atoms with E-state index in [1.807, 2.05) is 31.2 Å². The van der Waals surface area contributed by atoms with Crippen LogP contribution in [0.5, 0.6) is 0 Å². The average Bonchev–Trinajstić information content (AvgIpc) is 2.60. The Bertz CT molecular complexity index is 766. The van der Waals surface area contributed by atoms with E-state index in [0.29, 0.717) is 5.02 Å². The minimum Gasteiger partial charge on any atom is -0.346 e. The molecule has 3 rings (SSSR count). The topological polar surface area (TPSA) is 29.1 Å². The standard InChI is InChI=1S/C21H22ClNO/c1-15(18-11-10-16-6-2-3-8-19(16)14-18)23-21(24)13-12-17-7-4-5-9-20(17)22/h4-5,7,9-15H,2-3,6,8H2,1H3,(H,23,24)/b13-12+/t15-/m0/s1. The monoisotopic (exact) mass is 339 g/mol. The van der Waals surface area contributed by atoms with Crippen LogP contribution in [-0.4, -0.2) is 5.91 Å². The highest BCUT2D eigenvalue weighted by Crippen LogP contribution is 2.24. The second-order valence-electron chi connectivity index (χ2n) is 6.32. The van der Waals surface area contributed by atoms with Gasteiger partial charge in [-0.15, -0.1) is 0 Å². The zero-order valence-corrected chi connectivity index (χ0v) is 14.6. The van der Waals surface area contributed by atoms with E-state index in [4.69, 9.17) is 11.6 Å². The Labute approximate surface area is 148 Å². The van der Waals surface area contributed by atoms with E-state index < -0.39 is 0 Å². The van der Waals surface area contributed by atoms with Crippen LogP contribution in [0.2, 0.25) is 5.02 Å². The van der Waals surface area contributed by atoms with Gasteiger partial charge >= 0.3 is 0 Å². The lowest BCUT2D eigenvalue weighted by molar-refractivity contribution is -0.117. The Kier molecular flexibility index (Phi) is 5.37. The number of hydrogen-bond acceptors (Lipinski definition) is 1. The fourth-order valence-corrected chi connectivity index (χ4v) is 3.34. The molecular weight excluding hydrogens is 318 g/mol. The van der Waals surface area contributed by atoms with Gasteiger partial charge in [-0.3, -0.25) is 4.79 Å². The quantitative estimate of drug-likeness (QED) is 0.770. The minimum atomic E-state index is -0.111. The molecule has 0 unspecified atom stereocenters. The molecule has 2 nitrogen and oxygen atoms in total. The van der Waals surface area contributed by atoms with Crippen molar-refractivity contribution >= 4 is 23.6 Å². The molecule has 1 N–H and O–H groups in total. The molecule has 1 aliphatic rings. The van der Waals surface area contributed by atoms with E-state index in [1.54, 1.807) is 6.08 Å². The molecule has 1 aliphatic carbocycles. The van der Waals surface area contributed by atoms with Crippen LogP contribution in [0.4, 0.5) is 0 Å². The predicted octanol–water partition coefficient (Wildman–Crippen LogP) is 5.11. The molecule has 0 aliphatic heterocycles. The second kappa shape index (κ2) is 7.67. The van der Waals surface area contributed by atoms with E-state index in [0.717, 1.165) is 17.5 Å². The van der Waals surface area contributed by atoms with E-state index in [9.17, 15) is 4.79 Å². The van der Waals surface area contributed by atoms with Gasteiger partial charge in [0.2, 0.25) is 5.91 Å². The number of halogens is 1. The fourth-order valence-electron chi connectivity index (χ4n) is 3.14. The lowest BCUT2D eigenvalue weighted by atomic mass is 9.89. The number of carbonyl (C=O) groups excluding carboxylic acids is 1. The van der Waals surface area contributed by atoms with Crippen LogP contribution in [-0.2, 0) is 17.6 Å². The van der Waals surface area contributed by atoms with E-state index in [-0.39, 0.29) is 11.9 Å². The van der Waals surface area contributed by atoms with Crippen LogP contribution in [0.1, 0.15) is 48.1 Å². The molecule has 1 atom stereocenters. The maximum absolute atomic E-state index is 12.2. The molecule has 2 aromatic rings. The molecule has 2 aromatic carbocycles. The molecule has 124 valence electrons. The lowest BCUT2D eigenvalue weighted by Crippen LogP contribution is -2.24. The van der Waals surface area contributed by atoms with Crippen molar-refractivity contribution in [1.82, 2.24) is 5.32 Å². The predicted molar refractivity (Wildman–Crippen MR) is 100 cm³/mol. The van der Waals surface area contributed by atoms with Crippen molar-refractivity contribution in [3.05, 3.63) is 75.8 Å². The second-order valence-corrected chi connectivity index (χ2v) is 6.73. The lowest BCUT2D eigenvalue weighted by Gasteiger charge is -2.19. The third-order valence-electron chi connectivity index (χ3n) is 4.55. The number of benzene rings is 2. The van der Waals surface area contributed by atoms with Gasteiger partial charge in [0, 0.05) is 11.1 Å². The van der Waals surface area contributed by atoms with Crippen LogP contribution in [0.25, 0.3) is 6.08 Å². The summed E-state index contributed by atoms with van der Waals surface area (Å²) in [5, 5.41) is 3.67. The SMILES string of the molecule is C[C@H](NC(=O)/C=C/c1ccccc1Cl)c1ccc2c(c1)CCCC2. The maximum Gasteiger partial charge on any atom is 0.244 e. The maximum atomic E-state index is 12.2. The van der Waals surface area contributed by atoms with Crippen molar-refractivity contribution in [2.75, 3.05) is 0 Å². The van der Waals surface area contributed by atoms with Crippen molar-refractivity contribution < 1.29 is 4.79 Å². The summed E-state index contributed by atoms with van der Waals surface area (Å²) in [6.45, 7) is 2.02. The van der Waals surface area contributed by atoms with Gasteiger partial charge < -0.3 is 5.32 Å². The zero-order valence-electron chi connectivity index (χ0n) is 13.9. The Morgan fingerprint density at radius 2 is 1.88 bits per heavy atom. The van der Waals surface area contributed by atoms with Gasteiger partial charge in [0.05, 0.1) is 6.04 Å².